The summed E-state index contributed by atoms with van der Waals surface area (Å²) in [6, 6.07) is 1.85. The highest BCUT2D eigenvalue weighted by molar-refractivity contribution is 5.81. The third kappa shape index (κ3) is 8.14. The van der Waals surface area contributed by atoms with Gasteiger partial charge in [0.15, 0.2) is 5.96 Å². The van der Waals surface area contributed by atoms with E-state index in [0.717, 1.165) is 77.2 Å². The lowest BCUT2D eigenvalue weighted by Crippen LogP contribution is -2.47. The number of hydrogen-bond donors (Lipinski definition) is 2. The predicted octanol–water partition coefficient (Wildman–Crippen LogP) is 0.802. The molecule has 0 saturated carbocycles. The van der Waals surface area contributed by atoms with Gasteiger partial charge in [-0.1, -0.05) is 0 Å². The topological polar surface area (TPSA) is 89.0 Å². The summed E-state index contributed by atoms with van der Waals surface area (Å²) in [5.41, 5.74) is 0. The maximum Gasteiger partial charge on any atom is 0.225 e. The zero-order chi connectivity index (χ0) is 21.6. The summed E-state index contributed by atoms with van der Waals surface area (Å²) in [6.45, 7) is 14.8. The molecular weight excluding hydrogens is 380 g/mol. The van der Waals surface area contributed by atoms with Gasteiger partial charge in [-0.25, -0.2) is 9.97 Å². The first-order valence-corrected chi connectivity index (χ1v) is 11.2. The summed E-state index contributed by atoms with van der Waals surface area (Å²) in [7, 11) is 0. The fourth-order valence-electron chi connectivity index (χ4n) is 3.48. The Kier molecular flexibility index (Phi) is 10.9. The molecule has 1 aromatic heterocycles. The summed E-state index contributed by atoms with van der Waals surface area (Å²) in [5, 5.41) is 6.53. The van der Waals surface area contributed by atoms with Crippen molar-refractivity contribution in [1.82, 2.24) is 30.4 Å². The zero-order valence-corrected chi connectivity index (χ0v) is 18.8. The minimum absolute atomic E-state index is 0.184. The van der Waals surface area contributed by atoms with Gasteiger partial charge in [0, 0.05) is 84.3 Å². The molecule has 0 spiro atoms. The van der Waals surface area contributed by atoms with Gasteiger partial charge in [0.05, 0.1) is 0 Å². The average Bonchev–Trinajstić information content (AvgIpc) is 2.78. The van der Waals surface area contributed by atoms with E-state index in [2.05, 4.69) is 35.4 Å². The fraction of sp³-hybridized carbons (Fsp3) is 0.714. The molecule has 2 heterocycles. The molecule has 1 fully saturated rings. The van der Waals surface area contributed by atoms with E-state index in [1.54, 1.807) is 12.4 Å². The van der Waals surface area contributed by atoms with E-state index in [1.165, 1.54) is 0 Å². The van der Waals surface area contributed by atoms with E-state index in [0.29, 0.717) is 13.0 Å². The van der Waals surface area contributed by atoms with Gasteiger partial charge >= 0.3 is 0 Å². The van der Waals surface area contributed by atoms with Crippen molar-refractivity contribution in [3.05, 3.63) is 18.5 Å². The minimum Gasteiger partial charge on any atom is -0.357 e. The van der Waals surface area contributed by atoms with Crippen LogP contribution < -0.4 is 15.5 Å². The van der Waals surface area contributed by atoms with E-state index in [4.69, 9.17) is 0 Å². The second-order valence-electron chi connectivity index (χ2n) is 7.23. The van der Waals surface area contributed by atoms with E-state index in [9.17, 15) is 4.79 Å². The molecule has 1 aliphatic rings. The Morgan fingerprint density at radius 2 is 1.80 bits per heavy atom. The minimum atomic E-state index is 0.184. The Balaban J connectivity index is 1.65. The number of amides is 1. The molecule has 1 aliphatic heterocycles. The van der Waals surface area contributed by atoms with Crippen molar-refractivity contribution in [1.29, 1.82) is 0 Å². The number of nitrogens with zero attached hydrogens (tertiary/aromatic N) is 6. The second-order valence-corrected chi connectivity index (χ2v) is 7.23. The number of nitrogens with one attached hydrogen (secondary N) is 2. The van der Waals surface area contributed by atoms with Crippen molar-refractivity contribution < 1.29 is 4.79 Å². The molecule has 2 rings (SSSR count). The fourth-order valence-corrected chi connectivity index (χ4v) is 3.48. The van der Waals surface area contributed by atoms with Crippen LogP contribution in [-0.4, -0.2) is 97.1 Å². The molecule has 1 aromatic rings. The maximum absolute atomic E-state index is 12.1. The SMILES string of the molecule is CCNC(=NCCCN1CCN(c2ncccn2)CC1)NCCC(=O)N(CC)CC. The normalized spacial score (nSPS) is 15.2. The largest absolute Gasteiger partial charge is 0.357 e. The first-order valence-electron chi connectivity index (χ1n) is 11.2. The van der Waals surface area contributed by atoms with Gasteiger partial charge < -0.3 is 20.4 Å². The smallest absolute Gasteiger partial charge is 0.225 e. The van der Waals surface area contributed by atoms with Crippen LogP contribution in [0.2, 0.25) is 0 Å². The molecule has 0 atom stereocenters. The number of guanidine groups is 1. The number of rotatable bonds is 11. The van der Waals surface area contributed by atoms with Crippen LogP contribution in [-0.2, 0) is 4.79 Å². The summed E-state index contributed by atoms with van der Waals surface area (Å²) in [4.78, 5) is 32.0. The first-order chi connectivity index (χ1) is 14.7. The molecule has 0 unspecified atom stereocenters. The van der Waals surface area contributed by atoms with E-state index >= 15 is 0 Å². The van der Waals surface area contributed by atoms with Crippen LogP contribution in [0.25, 0.3) is 0 Å². The first kappa shape index (κ1) is 23.9. The predicted molar refractivity (Wildman–Crippen MR) is 122 cm³/mol. The van der Waals surface area contributed by atoms with Gasteiger partial charge in [-0.15, -0.1) is 0 Å². The van der Waals surface area contributed by atoms with E-state index < -0.39 is 0 Å². The molecule has 9 heteroatoms. The monoisotopic (exact) mass is 418 g/mol. The molecule has 168 valence electrons. The lowest BCUT2D eigenvalue weighted by atomic mass is 10.3. The Labute approximate surface area is 181 Å². The zero-order valence-electron chi connectivity index (χ0n) is 18.8. The number of carbonyl (C=O) groups excluding carboxylic acids is 1. The van der Waals surface area contributed by atoms with Crippen molar-refractivity contribution in [2.45, 2.75) is 33.6 Å². The number of anilines is 1. The van der Waals surface area contributed by atoms with Crippen LogP contribution >= 0.6 is 0 Å². The Morgan fingerprint density at radius 3 is 2.43 bits per heavy atom. The van der Waals surface area contributed by atoms with Crippen LogP contribution in [0.4, 0.5) is 5.95 Å². The Hall–Kier alpha value is -2.42. The van der Waals surface area contributed by atoms with Crippen LogP contribution in [0.15, 0.2) is 23.5 Å². The third-order valence-electron chi connectivity index (χ3n) is 5.20. The van der Waals surface area contributed by atoms with Gasteiger partial charge in [-0.3, -0.25) is 14.7 Å². The highest BCUT2D eigenvalue weighted by Crippen LogP contribution is 2.09. The average molecular weight is 419 g/mol. The van der Waals surface area contributed by atoms with Crippen molar-refractivity contribution >= 4 is 17.8 Å². The molecule has 0 aromatic carbocycles. The van der Waals surface area contributed by atoms with Crippen molar-refractivity contribution in [3.63, 3.8) is 0 Å². The summed E-state index contributed by atoms with van der Waals surface area (Å²) in [5.74, 6) is 1.79. The van der Waals surface area contributed by atoms with E-state index in [-0.39, 0.29) is 5.91 Å². The molecule has 1 amide bonds. The Bertz CT molecular complexity index is 627. The summed E-state index contributed by atoms with van der Waals surface area (Å²) in [6.07, 6.45) is 5.09. The van der Waals surface area contributed by atoms with Crippen molar-refractivity contribution in [2.24, 2.45) is 4.99 Å². The molecule has 0 aliphatic carbocycles. The molecule has 2 N–H and O–H groups in total. The van der Waals surface area contributed by atoms with Gasteiger partial charge in [-0.05, 0) is 33.3 Å². The molecule has 0 radical (unpaired) electrons. The number of hydrogen-bond acceptors (Lipinski definition) is 6. The molecule has 9 nitrogen and oxygen atoms in total. The highest BCUT2D eigenvalue weighted by atomic mass is 16.2. The quantitative estimate of drug-likeness (QED) is 0.312. The lowest BCUT2D eigenvalue weighted by molar-refractivity contribution is -0.130. The van der Waals surface area contributed by atoms with Crippen molar-refractivity contribution in [2.75, 3.05) is 70.3 Å². The Morgan fingerprint density at radius 1 is 1.10 bits per heavy atom. The standard InChI is InChI=1S/C21H38N8O/c1-4-22-20(24-13-9-19(30)28(5-2)6-3)23-12-8-14-27-15-17-29(18-16-27)21-25-10-7-11-26-21/h7,10-11H,4-6,8-9,12-18H2,1-3H3,(H2,22,23,24). The third-order valence-corrected chi connectivity index (χ3v) is 5.20. The van der Waals surface area contributed by atoms with Crippen molar-refractivity contribution in [3.8, 4) is 0 Å². The number of carbonyl (C=O) groups is 1. The summed E-state index contributed by atoms with van der Waals surface area (Å²) < 4.78 is 0. The summed E-state index contributed by atoms with van der Waals surface area (Å²) >= 11 is 0. The second kappa shape index (κ2) is 13.7. The molecular formula is C21H38N8O. The van der Waals surface area contributed by atoms with E-state index in [1.807, 2.05) is 31.7 Å². The van der Waals surface area contributed by atoms with Crippen LogP contribution in [0, 0.1) is 0 Å². The molecule has 0 bridgehead atoms. The number of aliphatic imine (C=N–C) groups is 1. The van der Waals surface area contributed by atoms with Gasteiger partial charge in [0.1, 0.15) is 0 Å². The van der Waals surface area contributed by atoms with Gasteiger partial charge in [-0.2, -0.15) is 0 Å². The maximum atomic E-state index is 12.1. The van der Waals surface area contributed by atoms with Gasteiger partial charge in [0.25, 0.3) is 0 Å². The van der Waals surface area contributed by atoms with Crippen LogP contribution in [0.3, 0.4) is 0 Å². The lowest BCUT2D eigenvalue weighted by Gasteiger charge is -2.34. The van der Waals surface area contributed by atoms with Crippen LogP contribution in [0.5, 0.6) is 0 Å². The molecule has 30 heavy (non-hydrogen) atoms. The molecule has 1 saturated heterocycles. The van der Waals surface area contributed by atoms with Gasteiger partial charge in [0.2, 0.25) is 11.9 Å². The number of aromatic nitrogens is 2. The van der Waals surface area contributed by atoms with Crippen LogP contribution in [0.1, 0.15) is 33.6 Å². The highest BCUT2D eigenvalue weighted by Gasteiger charge is 2.18. The number of piperazine rings is 1.